The molecule has 0 aliphatic carbocycles. The summed E-state index contributed by atoms with van der Waals surface area (Å²) in [6.45, 7) is 1.14. The lowest BCUT2D eigenvalue weighted by molar-refractivity contribution is 0.0547. The SMILES string of the molecule is O=C(Nc1nc(-c2ccco2)c(C(=O)C2CCOCC2)s1)c1ccc(Cl)nc1. The van der Waals surface area contributed by atoms with Crippen LogP contribution in [0.4, 0.5) is 5.13 Å². The summed E-state index contributed by atoms with van der Waals surface area (Å²) < 4.78 is 10.8. The summed E-state index contributed by atoms with van der Waals surface area (Å²) in [5.41, 5.74) is 0.785. The number of pyridine rings is 1. The third-order valence-corrected chi connectivity index (χ3v) is 5.62. The third-order valence-electron chi connectivity index (χ3n) is 4.41. The van der Waals surface area contributed by atoms with Crippen molar-refractivity contribution >= 4 is 39.8 Å². The van der Waals surface area contributed by atoms with Gasteiger partial charge in [-0.1, -0.05) is 22.9 Å². The summed E-state index contributed by atoms with van der Waals surface area (Å²) in [6.07, 6.45) is 4.25. The Morgan fingerprint density at radius 3 is 2.71 bits per heavy atom. The van der Waals surface area contributed by atoms with Gasteiger partial charge in [0.1, 0.15) is 15.7 Å². The summed E-state index contributed by atoms with van der Waals surface area (Å²) in [5, 5.41) is 3.35. The van der Waals surface area contributed by atoms with Gasteiger partial charge in [-0.15, -0.1) is 0 Å². The number of rotatable bonds is 5. The number of ketones is 1. The minimum absolute atomic E-state index is 0.000795. The molecule has 0 spiro atoms. The van der Waals surface area contributed by atoms with E-state index in [-0.39, 0.29) is 17.6 Å². The molecule has 9 heteroatoms. The number of Topliss-reactive ketones (excluding diaryl/α,β-unsaturated/α-hetero) is 1. The molecular formula is C19H16ClN3O4S. The average Bonchev–Trinajstić information content (AvgIpc) is 3.38. The molecule has 144 valence electrons. The highest BCUT2D eigenvalue weighted by Gasteiger charge is 2.29. The molecule has 0 unspecified atom stereocenters. The maximum absolute atomic E-state index is 13.1. The molecule has 3 aromatic rings. The zero-order chi connectivity index (χ0) is 19.5. The number of ether oxygens (including phenoxy) is 1. The number of thiazole rings is 1. The highest BCUT2D eigenvalue weighted by Crippen LogP contribution is 2.35. The summed E-state index contributed by atoms with van der Waals surface area (Å²) in [5.74, 6) is -0.0120. The molecule has 1 saturated heterocycles. The van der Waals surface area contributed by atoms with E-state index in [0.29, 0.717) is 58.2 Å². The highest BCUT2D eigenvalue weighted by atomic mass is 35.5. The van der Waals surface area contributed by atoms with E-state index < -0.39 is 0 Å². The number of carbonyl (C=O) groups excluding carboxylic acids is 2. The molecule has 1 N–H and O–H groups in total. The lowest BCUT2D eigenvalue weighted by Crippen LogP contribution is -2.23. The Labute approximate surface area is 169 Å². The van der Waals surface area contributed by atoms with Gasteiger partial charge in [0, 0.05) is 25.3 Å². The summed E-state index contributed by atoms with van der Waals surface area (Å²) in [7, 11) is 0. The van der Waals surface area contributed by atoms with E-state index in [1.807, 2.05) is 0 Å². The van der Waals surface area contributed by atoms with Crippen LogP contribution >= 0.6 is 22.9 Å². The normalized spacial score (nSPS) is 14.8. The second-order valence-electron chi connectivity index (χ2n) is 6.25. The van der Waals surface area contributed by atoms with Gasteiger partial charge in [-0.2, -0.15) is 0 Å². The van der Waals surface area contributed by atoms with Crippen molar-refractivity contribution in [3.05, 3.63) is 52.3 Å². The Hall–Kier alpha value is -2.55. The molecule has 4 rings (SSSR count). The molecule has 1 amide bonds. The van der Waals surface area contributed by atoms with Crippen LogP contribution in [0.2, 0.25) is 5.15 Å². The molecule has 7 nitrogen and oxygen atoms in total. The molecule has 4 heterocycles. The number of amides is 1. The molecule has 1 fully saturated rings. The Morgan fingerprint density at radius 1 is 1.21 bits per heavy atom. The van der Waals surface area contributed by atoms with Gasteiger partial charge in [0.05, 0.1) is 11.8 Å². The smallest absolute Gasteiger partial charge is 0.259 e. The molecule has 0 saturated carbocycles. The number of furan rings is 1. The van der Waals surface area contributed by atoms with Gasteiger partial charge in [0.2, 0.25) is 0 Å². The van der Waals surface area contributed by atoms with E-state index >= 15 is 0 Å². The summed E-state index contributed by atoms with van der Waals surface area (Å²) in [6, 6.07) is 6.58. The first-order valence-corrected chi connectivity index (χ1v) is 9.91. The molecule has 0 aromatic carbocycles. The fourth-order valence-corrected chi connectivity index (χ4v) is 4.04. The first-order chi connectivity index (χ1) is 13.6. The van der Waals surface area contributed by atoms with E-state index in [9.17, 15) is 9.59 Å². The van der Waals surface area contributed by atoms with Crippen molar-refractivity contribution in [2.24, 2.45) is 5.92 Å². The topological polar surface area (TPSA) is 94.3 Å². The molecule has 28 heavy (non-hydrogen) atoms. The second kappa shape index (κ2) is 8.22. The van der Waals surface area contributed by atoms with Gasteiger partial charge < -0.3 is 9.15 Å². The second-order valence-corrected chi connectivity index (χ2v) is 7.63. The number of aromatic nitrogens is 2. The van der Waals surface area contributed by atoms with Crippen LogP contribution in [0.15, 0.2) is 41.1 Å². The minimum Gasteiger partial charge on any atom is -0.463 e. The van der Waals surface area contributed by atoms with Gasteiger partial charge >= 0.3 is 0 Å². The fraction of sp³-hybridized carbons (Fsp3) is 0.263. The van der Waals surface area contributed by atoms with Gasteiger partial charge in [-0.25, -0.2) is 9.97 Å². The molecule has 0 radical (unpaired) electrons. The van der Waals surface area contributed by atoms with Crippen molar-refractivity contribution in [2.75, 3.05) is 18.5 Å². The first-order valence-electron chi connectivity index (χ1n) is 8.71. The minimum atomic E-state index is -0.381. The number of halogens is 1. The van der Waals surface area contributed by atoms with Gasteiger partial charge in [-0.05, 0) is 37.1 Å². The van der Waals surface area contributed by atoms with Crippen LogP contribution in [0.3, 0.4) is 0 Å². The first kappa shape index (κ1) is 18.8. The van der Waals surface area contributed by atoms with Crippen molar-refractivity contribution in [1.82, 2.24) is 9.97 Å². The van der Waals surface area contributed by atoms with Gasteiger partial charge in [-0.3, -0.25) is 14.9 Å². The number of anilines is 1. The lowest BCUT2D eigenvalue weighted by Gasteiger charge is -2.20. The van der Waals surface area contributed by atoms with Crippen LogP contribution in [0.25, 0.3) is 11.5 Å². The number of hydrogen-bond donors (Lipinski definition) is 1. The Balaban J connectivity index is 1.62. The molecule has 1 aliphatic heterocycles. The maximum atomic E-state index is 13.1. The lowest BCUT2D eigenvalue weighted by atomic mass is 9.94. The van der Waals surface area contributed by atoms with Crippen LogP contribution in [-0.2, 0) is 4.74 Å². The molecule has 0 atom stereocenters. The van der Waals surface area contributed by atoms with E-state index in [2.05, 4.69) is 15.3 Å². The molecule has 3 aromatic heterocycles. The van der Waals surface area contributed by atoms with E-state index in [0.717, 1.165) is 11.3 Å². The molecule has 0 bridgehead atoms. The van der Waals surface area contributed by atoms with Crippen molar-refractivity contribution in [3.63, 3.8) is 0 Å². The number of nitrogens with zero attached hydrogens (tertiary/aromatic N) is 2. The number of hydrogen-bond acceptors (Lipinski definition) is 7. The van der Waals surface area contributed by atoms with Crippen molar-refractivity contribution in [3.8, 4) is 11.5 Å². The fourth-order valence-electron chi connectivity index (χ4n) is 2.95. The highest BCUT2D eigenvalue weighted by molar-refractivity contribution is 7.18. The predicted octanol–water partition coefficient (Wildman–Crippen LogP) is 4.31. The van der Waals surface area contributed by atoms with Crippen LogP contribution in [0, 0.1) is 5.92 Å². The number of nitrogens with one attached hydrogen (secondary N) is 1. The summed E-state index contributed by atoms with van der Waals surface area (Å²) in [4.78, 5) is 34.3. The Kier molecular flexibility index (Phi) is 5.52. The zero-order valence-electron chi connectivity index (χ0n) is 14.7. The average molecular weight is 418 g/mol. The third kappa shape index (κ3) is 3.99. The molecule has 1 aliphatic rings. The Morgan fingerprint density at radius 2 is 2.04 bits per heavy atom. The summed E-state index contributed by atoms with van der Waals surface area (Å²) >= 11 is 6.90. The largest absolute Gasteiger partial charge is 0.463 e. The van der Waals surface area contributed by atoms with Crippen LogP contribution < -0.4 is 5.32 Å². The monoisotopic (exact) mass is 417 g/mol. The predicted molar refractivity (Wildman–Crippen MR) is 105 cm³/mol. The quantitative estimate of drug-likeness (QED) is 0.491. The van der Waals surface area contributed by atoms with Gasteiger partial charge in [0.25, 0.3) is 5.91 Å². The van der Waals surface area contributed by atoms with Crippen molar-refractivity contribution in [2.45, 2.75) is 12.8 Å². The van der Waals surface area contributed by atoms with Crippen LogP contribution in [-0.4, -0.2) is 34.9 Å². The van der Waals surface area contributed by atoms with E-state index in [4.69, 9.17) is 20.8 Å². The molecular weight excluding hydrogens is 402 g/mol. The zero-order valence-corrected chi connectivity index (χ0v) is 16.3. The van der Waals surface area contributed by atoms with E-state index in [1.165, 1.54) is 18.5 Å². The van der Waals surface area contributed by atoms with Crippen molar-refractivity contribution in [1.29, 1.82) is 0 Å². The van der Waals surface area contributed by atoms with Gasteiger partial charge in [0.15, 0.2) is 16.7 Å². The van der Waals surface area contributed by atoms with E-state index in [1.54, 1.807) is 18.2 Å². The standard InChI is InChI=1S/C19H16ClN3O4S/c20-14-4-3-12(10-21-14)18(25)23-19-22-15(13-2-1-7-27-13)17(28-19)16(24)11-5-8-26-9-6-11/h1-4,7,10-11H,5-6,8-9H2,(H,22,23,25). The van der Waals surface area contributed by atoms with Crippen LogP contribution in [0.1, 0.15) is 32.9 Å². The Bertz CT molecular complexity index is 979. The maximum Gasteiger partial charge on any atom is 0.259 e. The number of carbonyl (C=O) groups is 2. The van der Waals surface area contributed by atoms with Crippen LogP contribution in [0.5, 0.6) is 0 Å². The van der Waals surface area contributed by atoms with Crippen molar-refractivity contribution < 1.29 is 18.7 Å².